The van der Waals surface area contributed by atoms with Crippen molar-refractivity contribution in [2.45, 2.75) is 39.2 Å². The Kier molecular flexibility index (Phi) is 2.29. The summed E-state index contributed by atoms with van der Waals surface area (Å²) in [4.78, 5) is 11.9. The van der Waals surface area contributed by atoms with Gasteiger partial charge in [-0.25, -0.2) is 0 Å². The lowest BCUT2D eigenvalue weighted by Crippen LogP contribution is -2.35. The Morgan fingerprint density at radius 3 is 2.80 bits per heavy atom. The third-order valence-corrected chi connectivity index (χ3v) is 2.73. The highest BCUT2D eigenvalue weighted by Crippen LogP contribution is 2.33. The van der Waals surface area contributed by atoms with Crippen molar-refractivity contribution in [3.63, 3.8) is 0 Å². The highest BCUT2D eigenvalue weighted by molar-refractivity contribution is 6.00. The van der Waals surface area contributed by atoms with Gasteiger partial charge in [0.05, 0.1) is 12.0 Å². The molecule has 1 aromatic carbocycles. The summed E-state index contributed by atoms with van der Waals surface area (Å²) in [7, 11) is 0. The molecule has 1 heterocycles. The Labute approximate surface area is 90.3 Å². The van der Waals surface area contributed by atoms with Gasteiger partial charge in [0, 0.05) is 0 Å². The molecule has 0 amide bonds. The first-order chi connectivity index (χ1) is 7.02. The summed E-state index contributed by atoms with van der Waals surface area (Å²) in [5, 5.41) is 0. The van der Waals surface area contributed by atoms with E-state index in [0.29, 0.717) is 6.42 Å². The minimum absolute atomic E-state index is 0.191. The van der Waals surface area contributed by atoms with Gasteiger partial charge in [0.15, 0.2) is 5.78 Å². The van der Waals surface area contributed by atoms with Gasteiger partial charge in [-0.2, -0.15) is 0 Å². The Balaban J connectivity index is 2.46. The van der Waals surface area contributed by atoms with E-state index in [0.717, 1.165) is 17.7 Å². The van der Waals surface area contributed by atoms with Crippen LogP contribution in [0, 0.1) is 0 Å². The molecule has 15 heavy (non-hydrogen) atoms. The molecule has 0 bridgehead atoms. The molecule has 80 valence electrons. The number of hydrogen-bond acceptors (Lipinski definition) is 2. The van der Waals surface area contributed by atoms with Crippen molar-refractivity contribution in [1.29, 1.82) is 0 Å². The van der Waals surface area contributed by atoms with Crippen molar-refractivity contribution in [3.05, 3.63) is 29.3 Å². The highest BCUT2D eigenvalue weighted by atomic mass is 16.5. The van der Waals surface area contributed by atoms with Crippen LogP contribution in [0.3, 0.4) is 0 Å². The number of benzene rings is 1. The third kappa shape index (κ3) is 1.89. The van der Waals surface area contributed by atoms with E-state index in [1.54, 1.807) is 0 Å². The second-order valence-electron chi connectivity index (χ2n) is 4.65. The van der Waals surface area contributed by atoms with Crippen LogP contribution in [0.5, 0.6) is 5.75 Å². The summed E-state index contributed by atoms with van der Waals surface area (Å²) in [6.45, 7) is 5.98. The SMILES string of the molecule is CCc1ccc2c(c1)C(=O)CC(C)(C)O2. The van der Waals surface area contributed by atoms with Crippen molar-refractivity contribution in [2.75, 3.05) is 0 Å². The summed E-state index contributed by atoms with van der Waals surface area (Å²) in [6.07, 6.45) is 1.41. The van der Waals surface area contributed by atoms with E-state index in [1.165, 1.54) is 5.56 Å². The topological polar surface area (TPSA) is 26.3 Å². The molecule has 2 heteroatoms. The number of rotatable bonds is 1. The van der Waals surface area contributed by atoms with E-state index in [-0.39, 0.29) is 11.4 Å². The van der Waals surface area contributed by atoms with Crippen LogP contribution in [0.15, 0.2) is 18.2 Å². The molecule has 0 aromatic heterocycles. The highest BCUT2D eigenvalue weighted by Gasteiger charge is 2.32. The summed E-state index contributed by atoms with van der Waals surface area (Å²) < 4.78 is 5.77. The summed E-state index contributed by atoms with van der Waals surface area (Å²) >= 11 is 0. The van der Waals surface area contributed by atoms with Gasteiger partial charge >= 0.3 is 0 Å². The smallest absolute Gasteiger partial charge is 0.170 e. The Bertz CT molecular complexity index is 405. The number of fused-ring (bicyclic) bond motifs is 1. The molecule has 2 nitrogen and oxygen atoms in total. The average molecular weight is 204 g/mol. The maximum Gasteiger partial charge on any atom is 0.170 e. The Morgan fingerprint density at radius 1 is 1.40 bits per heavy atom. The molecule has 0 atom stereocenters. The molecule has 0 aliphatic carbocycles. The Hall–Kier alpha value is -1.31. The van der Waals surface area contributed by atoms with Gasteiger partial charge in [-0.05, 0) is 38.0 Å². The lowest BCUT2D eigenvalue weighted by Gasteiger charge is -2.31. The van der Waals surface area contributed by atoms with Crippen LogP contribution in [0.1, 0.15) is 43.1 Å². The van der Waals surface area contributed by atoms with Gasteiger partial charge in [-0.15, -0.1) is 0 Å². The van der Waals surface area contributed by atoms with Gasteiger partial charge in [0.25, 0.3) is 0 Å². The number of ketones is 1. The second-order valence-corrected chi connectivity index (χ2v) is 4.65. The van der Waals surface area contributed by atoms with E-state index in [1.807, 2.05) is 32.0 Å². The van der Waals surface area contributed by atoms with Crippen LogP contribution in [-0.4, -0.2) is 11.4 Å². The van der Waals surface area contributed by atoms with Crippen LogP contribution in [0.2, 0.25) is 0 Å². The summed E-state index contributed by atoms with van der Waals surface area (Å²) in [6, 6.07) is 5.88. The average Bonchev–Trinajstić information content (AvgIpc) is 2.15. The molecule has 0 spiro atoms. The molecule has 1 aromatic rings. The molecule has 2 rings (SSSR count). The zero-order chi connectivity index (χ0) is 11.1. The molecule has 1 aliphatic rings. The van der Waals surface area contributed by atoms with E-state index in [4.69, 9.17) is 4.74 Å². The second kappa shape index (κ2) is 3.37. The first kappa shape index (κ1) is 10.2. The number of aryl methyl sites for hydroxylation is 1. The minimum atomic E-state index is -0.363. The van der Waals surface area contributed by atoms with Crippen molar-refractivity contribution in [1.82, 2.24) is 0 Å². The number of hydrogen-bond donors (Lipinski definition) is 0. The van der Waals surface area contributed by atoms with E-state index in [2.05, 4.69) is 6.92 Å². The molecular weight excluding hydrogens is 188 g/mol. The predicted molar refractivity (Wildman–Crippen MR) is 59.5 cm³/mol. The third-order valence-electron chi connectivity index (χ3n) is 2.73. The van der Waals surface area contributed by atoms with E-state index >= 15 is 0 Å². The first-order valence-electron chi connectivity index (χ1n) is 5.37. The molecule has 0 fully saturated rings. The van der Waals surface area contributed by atoms with Gasteiger partial charge in [0.2, 0.25) is 0 Å². The quantitative estimate of drug-likeness (QED) is 0.703. The van der Waals surface area contributed by atoms with Crippen molar-refractivity contribution < 1.29 is 9.53 Å². The molecule has 0 unspecified atom stereocenters. The maximum absolute atomic E-state index is 11.9. The van der Waals surface area contributed by atoms with Crippen LogP contribution in [0.4, 0.5) is 0 Å². The first-order valence-corrected chi connectivity index (χ1v) is 5.37. The van der Waals surface area contributed by atoms with E-state index < -0.39 is 0 Å². The van der Waals surface area contributed by atoms with Crippen LogP contribution in [0.25, 0.3) is 0 Å². The predicted octanol–water partition coefficient (Wildman–Crippen LogP) is 2.99. The zero-order valence-corrected chi connectivity index (χ0v) is 9.46. The van der Waals surface area contributed by atoms with Crippen LogP contribution >= 0.6 is 0 Å². The van der Waals surface area contributed by atoms with Crippen molar-refractivity contribution in [3.8, 4) is 5.75 Å². The molecule has 0 N–H and O–H groups in total. The fraction of sp³-hybridized carbons (Fsp3) is 0.462. The monoisotopic (exact) mass is 204 g/mol. The lowest BCUT2D eigenvalue weighted by atomic mass is 9.92. The molecule has 0 saturated heterocycles. The fourth-order valence-electron chi connectivity index (χ4n) is 1.92. The van der Waals surface area contributed by atoms with Crippen molar-refractivity contribution >= 4 is 5.78 Å². The number of carbonyl (C=O) groups is 1. The number of carbonyl (C=O) groups excluding carboxylic acids is 1. The van der Waals surface area contributed by atoms with Crippen LogP contribution in [-0.2, 0) is 6.42 Å². The van der Waals surface area contributed by atoms with Gasteiger partial charge < -0.3 is 4.74 Å². The number of ether oxygens (including phenoxy) is 1. The van der Waals surface area contributed by atoms with Gasteiger partial charge in [-0.3, -0.25) is 4.79 Å². The normalized spacial score (nSPS) is 18.2. The standard InChI is InChI=1S/C13H16O2/c1-4-9-5-6-12-10(7-9)11(14)8-13(2,3)15-12/h5-7H,4,8H2,1-3H3. The minimum Gasteiger partial charge on any atom is -0.487 e. The maximum atomic E-state index is 11.9. The number of Topliss-reactive ketones (excluding diaryl/α,β-unsaturated/α-hetero) is 1. The Morgan fingerprint density at radius 2 is 2.13 bits per heavy atom. The van der Waals surface area contributed by atoms with Gasteiger partial charge in [-0.1, -0.05) is 13.0 Å². The van der Waals surface area contributed by atoms with E-state index in [9.17, 15) is 4.79 Å². The molecule has 0 radical (unpaired) electrons. The fourth-order valence-corrected chi connectivity index (χ4v) is 1.92. The summed E-state index contributed by atoms with van der Waals surface area (Å²) in [5.74, 6) is 0.921. The van der Waals surface area contributed by atoms with Gasteiger partial charge in [0.1, 0.15) is 11.4 Å². The molecular formula is C13H16O2. The van der Waals surface area contributed by atoms with Crippen molar-refractivity contribution in [2.24, 2.45) is 0 Å². The molecule has 1 aliphatic heterocycles. The zero-order valence-electron chi connectivity index (χ0n) is 9.46. The molecule has 0 saturated carbocycles. The lowest BCUT2D eigenvalue weighted by molar-refractivity contribution is 0.0620. The van der Waals surface area contributed by atoms with Crippen LogP contribution < -0.4 is 4.74 Å². The summed E-state index contributed by atoms with van der Waals surface area (Å²) in [5.41, 5.74) is 1.57. The largest absolute Gasteiger partial charge is 0.487 e.